The quantitative estimate of drug-likeness (QED) is 0.719. The van der Waals surface area contributed by atoms with Crippen LogP contribution < -0.4 is 9.62 Å². The zero-order chi connectivity index (χ0) is 24.6. The van der Waals surface area contributed by atoms with Gasteiger partial charge in [0.1, 0.15) is 5.82 Å². The molecule has 11 heteroatoms. The van der Waals surface area contributed by atoms with Crippen molar-refractivity contribution in [3.05, 3.63) is 53.2 Å². The molecule has 1 N–H and O–H groups in total. The molecule has 2 aromatic rings. The lowest BCUT2D eigenvalue weighted by atomic mass is 10.1. The Morgan fingerprint density at radius 2 is 1.67 bits per heavy atom. The maximum atomic E-state index is 13.1. The molecule has 0 spiro atoms. The fourth-order valence-electron chi connectivity index (χ4n) is 3.51. The van der Waals surface area contributed by atoms with Crippen LogP contribution in [0, 0.1) is 6.92 Å². The molecular formula is C22H27F3N4O3S. The van der Waals surface area contributed by atoms with Crippen LogP contribution in [0.5, 0.6) is 0 Å². The van der Waals surface area contributed by atoms with Gasteiger partial charge in [0, 0.05) is 43.5 Å². The van der Waals surface area contributed by atoms with E-state index in [1.807, 2.05) is 4.90 Å². The van der Waals surface area contributed by atoms with Crippen molar-refractivity contribution >= 4 is 21.7 Å². The number of nitrogens with one attached hydrogen (secondary N) is 1. The lowest BCUT2D eigenvalue weighted by Crippen LogP contribution is -2.49. The summed E-state index contributed by atoms with van der Waals surface area (Å²) >= 11 is 0. The topological polar surface area (TPSA) is 82.6 Å². The van der Waals surface area contributed by atoms with Gasteiger partial charge >= 0.3 is 6.18 Å². The number of rotatable bonds is 4. The van der Waals surface area contributed by atoms with Gasteiger partial charge in [-0.1, -0.05) is 6.07 Å². The van der Waals surface area contributed by atoms with Crippen molar-refractivity contribution < 1.29 is 26.4 Å². The van der Waals surface area contributed by atoms with Gasteiger partial charge in [-0.3, -0.25) is 4.79 Å². The number of aryl methyl sites for hydroxylation is 1. The van der Waals surface area contributed by atoms with E-state index in [-0.39, 0.29) is 10.8 Å². The number of sulfonamides is 1. The van der Waals surface area contributed by atoms with Crippen molar-refractivity contribution in [2.75, 3.05) is 31.1 Å². The first-order chi connectivity index (χ1) is 15.2. The largest absolute Gasteiger partial charge is 0.417 e. The van der Waals surface area contributed by atoms with E-state index in [0.717, 1.165) is 12.3 Å². The first-order valence-electron chi connectivity index (χ1n) is 10.4. The van der Waals surface area contributed by atoms with E-state index < -0.39 is 27.3 Å². The average molecular weight is 485 g/mol. The monoisotopic (exact) mass is 484 g/mol. The number of carbonyl (C=O) groups is 1. The van der Waals surface area contributed by atoms with E-state index in [0.29, 0.717) is 43.1 Å². The fourth-order valence-corrected chi connectivity index (χ4v) is 4.95. The van der Waals surface area contributed by atoms with E-state index in [4.69, 9.17) is 0 Å². The average Bonchev–Trinajstić information content (AvgIpc) is 2.71. The molecule has 3 rings (SSSR count). The van der Waals surface area contributed by atoms with Crippen LogP contribution in [-0.4, -0.2) is 55.9 Å². The molecule has 0 bridgehead atoms. The second kappa shape index (κ2) is 8.94. The van der Waals surface area contributed by atoms with Gasteiger partial charge in [0.05, 0.1) is 10.5 Å². The van der Waals surface area contributed by atoms with Gasteiger partial charge in [0.25, 0.3) is 5.91 Å². The minimum absolute atomic E-state index is 0.0129. The zero-order valence-corrected chi connectivity index (χ0v) is 19.7. The summed E-state index contributed by atoms with van der Waals surface area (Å²) in [5, 5.41) is 0. The summed E-state index contributed by atoms with van der Waals surface area (Å²) < 4.78 is 66.1. The van der Waals surface area contributed by atoms with Crippen molar-refractivity contribution in [1.29, 1.82) is 0 Å². The maximum Gasteiger partial charge on any atom is 0.417 e. The minimum atomic E-state index is -4.45. The van der Waals surface area contributed by atoms with Gasteiger partial charge in [-0.2, -0.15) is 13.2 Å². The number of aromatic nitrogens is 1. The number of nitrogens with zero attached hydrogens (tertiary/aromatic N) is 3. The molecule has 0 radical (unpaired) electrons. The van der Waals surface area contributed by atoms with Crippen molar-refractivity contribution in [1.82, 2.24) is 14.6 Å². The number of hydrogen-bond acceptors (Lipinski definition) is 5. The molecule has 1 saturated heterocycles. The molecule has 180 valence electrons. The van der Waals surface area contributed by atoms with Gasteiger partial charge in [-0.25, -0.2) is 18.1 Å². The third kappa shape index (κ3) is 6.02. The SMILES string of the molecule is Cc1ccc(S(=O)(=O)NC(C)(C)C)cc1C(=O)N1CCN(c2ccc(C(F)(F)F)cn2)CC1. The minimum Gasteiger partial charge on any atom is -0.353 e. The molecule has 1 amide bonds. The van der Waals surface area contributed by atoms with E-state index in [1.165, 1.54) is 18.2 Å². The van der Waals surface area contributed by atoms with Gasteiger partial charge in [0.2, 0.25) is 10.0 Å². The van der Waals surface area contributed by atoms with Gasteiger partial charge in [0.15, 0.2) is 0 Å². The van der Waals surface area contributed by atoms with Crippen LogP contribution in [0.2, 0.25) is 0 Å². The maximum absolute atomic E-state index is 13.1. The third-order valence-corrected chi connectivity index (χ3v) is 6.91. The summed E-state index contributed by atoms with van der Waals surface area (Å²) in [5.41, 5.74) is -0.530. The number of halogens is 3. The molecule has 0 aliphatic carbocycles. The summed E-state index contributed by atoms with van der Waals surface area (Å²) in [6, 6.07) is 6.76. The van der Waals surface area contributed by atoms with Crippen molar-refractivity contribution in [2.24, 2.45) is 0 Å². The molecule has 0 saturated carbocycles. The predicted molar refractivity (Wildman–Crippen MR) is 119 cm³/mol. The van der Waals surface area contributed by atoms with E-state index >= 15 is 0 Å². The Morgan fingerprint density at radius 3 is 2.18 bits per heavy atom. The Morgan fingerprint density at radius 1 is 1.03 bits per heavy atom. The molecule has 0 unspecified atom stereocenters. The third-order valence-electron chi connectivity index (χ3n) is 5.16. The van der Waals surface area contributed by atoms with Crippen LogP contribution in [0.4, 0.5) is 19.0 Å². The second-order valence-corrected chi connectivity index (χ2v) is 10.7. The molecule has 1 fully saturated rings. The summed E-state index contributed by atoms with van der Waals surface area (Å²) in [4.78, 5) is 20.5. The summed E-state index contributed by atoms with van der Waals surface area (Å²) in [5.74, 6) is 0.118. The molecule has 1 aromatic heterocycles. The second-order valence-electron chi connectivity index (χ2n) is 9.01. The Hall–Kier alpha value is -2.66. The zero-order valence-electron chi connectivity index (χ0n) is 18.9. The number of hydrogen-bond donors (Lipinski definition) is 1. The first kappa shape index (κ1) is 25.0. The highest BCUT2D eigenvalue weighted by Gasteiger charge is 2.31. The van der Waals surface area contributed by atoms with E-state index in [9.17, 15) is 26.4 Å². The number of carbonyl (C=O) groups excluding carboxylic acids is 1. The van der Waals surface area contributed by atoms with Crippen molar-refractivity contribution in [3.63, 3.8) is 0 Å². The van der Waals surface area contributed by atoms with E-state index in [2.05, 4.69) is 9.71 Å². The van der Waals surface area contributed by atoms with Gasteiger partial charge < -0.3 is 9.80 Å². The molecule has 1 aromatic carbocycles. The molecule has 2 heterocycles. The number of amides is 1. The smallest absolute Gasteiger partial charge is 0.353 e. The van der Waals surface area contributed by atoms with Gasteiger partial charge in [-0.05, 0) is 57.5 Å². The van der Waals surface area contributed by atoms with Crippen LogP contribution in [0.1, 0.15) is 42.3 Å². The van der Waals surface area contributed by atoms with Gasteiger partial charge in [-0.15, -0.1) is 0 Å². The lowest BCUT2D eigenvalue weighted by Gasteiger charge is -2.35. The Bertz CT molecular complexity index is 1120. The molecule has 1 aliphatic rings. The predicted octanol–water partition coefficient (Wildman–Crippen LogP) is 3.45. The molecular weight excluding hydrogens is 457 g/mol. The summed E-state index contributed by atoms with van der Waals surface area (Å²) in [6.07, 6.45) is -3.65. The highest BCUT2D eigenvalue weighted by atomic mass is 32.2. The fraction of sp³-hybridized carbons (Fsp3) is 0.455. The Kier molecular flexibility index (Phi) is 6.77. The Labute approximate surface area is 191 Å². The van der Waals surface area contributed by atoms with Crippen molar-refractivity contribution in [2.45, 2.75) is 44.3 Å². The van der Waals surface area contributed by atoms with Crippen LogP contribution in [0.25, 0.3) is 0 Å². The molecule has 0 atom stereocenters. The summed E-state index contributed by atoms with van der Waals surface area (Å²) in [7, 11) is -3.80. The number of pyridine rings is 1. The Balaban J connectivity index is 1.72. The highest BCUT2D eigenvalue weighted by Crippen LogP contribution is 2.29. The normalized spacial score (nSPS) is 15.6. The summed E-state index contributed by atoms with van der Waals surface area (Å²) in [6.45, 7) is 8.39. The lowest BCUT2D eigenvalue weighted by molar-refractivity contribution is -0.137. The molecule has 7 nitrogen and oxygen atoms in total. The van der Waals surface area contributed by atoms with Crippen LogP contribution >= 0.6 is 0 Å². The number of anilines is 1. The molecule has 1 aliphatic heterocycles. The number of benzene rings is 1. The van der Waals surface area contributed by atoms with E-state index in [1.54, 1.807) is 38.7 Å². The van der Waals surface area contributed by atoms with Crippen LogP contribution in [-0.2, 0) is 16.2 Å². The highest BCUT2D eigenvalue weighted by molar-refractivity contribution is 7.89. The van der Waals surface area contributed by atoms with Crippen LogP contribution in [0.3, 0.4) is 0 Å². The van der Waals surface area contributed by atoms with Crippen molar-refractivity contribution in [3.8, 4) is 0 Å². The van der Waals surface area contributed by atoms with Crippen LogP contribution in [0.15, 0.2) is 41.4 Å². The number of piperazine rings is 1. The standard InChI is InChI=1S/C22H27F3N4O3S/c1-15-5-7-17(33(31,32)27-21(2,3)4)13-18(15)20(30)29-11-9-28(10-12-29)19-8-6-16(14-26-19)22(23,24)25/h5-8,13-14,27H,9-12H2,1-4H3. The first-order valence-corrected chi connectivity index (χ1v) is 11.9. The molecule has 33 heavy (non-hydrogen) atoms. The number of alkyl halides is 3.